The highest BCUT2D eigenvalue weighted by atomic mass is 16.7. The lowest BCUT2D eigenvalue weighted by Gasteiger charge is -2.50. The van der Waals surface area contributed by atoms with Crippen molar-refractivity contribution >= 4 is 5.97 Å². The van der Waals surface area contributed by atoms with Crippen molar-refractivity contribution in [3.8, 4) is 0 Å². The van der Waals surface area contributed by atoms with Crippen molar-refractivity contribution in [2.24, 2.45) is 23.7 Å². The first-order valence-corrected chi connectivity index (χ1v) is 20.1. The summed E-state index contributed by atoms with van der Waals surface area (Å²) < 4.78 is 37.7. The van der Waals surface area contributed by atoms with E-state index in [1.807, 2.05) is 60.5 Å². The van der Waals surface area contributed by atoms with Gasteiger partial charge < -0.3 is 64.2 Å². The Morgan fingerprint density at radius 3 is 2.07 bits per heavy atom. The van der Waals surface area contributed by atoms with E-state index < -0.39 is 102 Å². The zero-order valence-electron chi connectivity index (χ0n) is 35.7. The van der Waals surface area contributed by atoms with Gasteiger partial charge in [-0.2, -0.15) is 0 Å². The topological polar surface area (TPSA) is 189 Å². The van der Waals surface area contributed by atoms with Crippen LogP contribution in [-0.4, -0.2) is 154 Å². The smallest absolute Gasteiger partial charge is 0.311 e. The molecule has 0 radical (unpaired) electrons. The molecule has 6 N–H and O–H groups in total. The molecule has 0 aromatic rings. The highest BCUT2D eigenvalue weighted by molar-refractivity contribution is 5.73. The first-order chi connectivity index (χ1) is 24.8. The molecule has 3 aliphatic heterocycles. The maximum atomic E-state index is 14.3. The van der Waals surface area contributed by atoms with Crippen LogP contribution in [0.4, 0.5) is 0 Å². The predicted molar refractivity (Wildman–Crippen MR) is 203 cm³/mol. The molecule has 0 amide bonds. The Hall–Kier alpha value is -1.01. The normalized spacial score (nSPS) is 49.1. The largest absolute Gasteiger partial charge is 0.459 e. The van der Waals surface area contributed by atoms with Gasteiger partial charge in [-0.15, -0.1) is 0 Å². The molecule has 8 unspecified atom stereocenters. The number of likely N-dealkylation sites (N-methyl/N-ethyl adjacent to an activating group) is 1. The Labute approximate surface area is 324 Å². The van der Waals surface area contributed by atoms with Crippen LogP contribution in [0.2, 0.25) is 0 Å². The summed E-state index contributed by atoms with van der Waals surface area (Å²) in [5.74, 6) is -3.30. The number of esters is 1. The van der Waals surface area contributed by atoms with Gasteiger partial charge in [0.25, 0.3) is 0 Å². The molecular formula is C40H76N2O12. The second-order valence-corrected chi connectivity index (χ2v) is 18.1. The summed E-state index contributed by atoms with van der Waals surface area (Å²) in [5.41, 5.74) is -4.48. The number of cyclic esters (lactones) is 1. The van der Waals surface area contributed by atoms with Gasteiger partial charge in [-0.05, 0) is 80.8 Å². The zero-order valence-corrected chi connectivity index (χ0v) is 35.7. The standard InChI is InChI=1S/C40H76N2O12/c1-16-28-40(12,48)33(44)23(6)30(41-20(2)3)21(4)18-38(10,47)35(54-37-31(43)27(42(13)14)17-22(5)50-37)24(7)32(25(8)36(46)52-28)53-29-19-39(11,49-15)34(45)26(9)51-29/h20-35,37,41,43-45,47-48H,16-19H2,1-15H3/t21-,22?,23+,24+,25-,26?,27?,28-,29?,30+,31?,32+,33-,34?,35-,37?,38-,39?,40-/m1/s1. The average molecular weight is 777 g/mol. The second kappa shape index (κ2) is 18.7. The van der Waals surface area contributed by atoms with E-state index in [1.54, 1.807) is 34.6 Å². The molecule has 0 spiro atoms. The SMILES string of the molecule is CC[C@H]1OC(=O)[C@H](C)[C@@H](OC2CC(C)(OC)C(O)C(C)O2)[C@H](C)[C@@H](OC2OC(C)CC(N(C)C)C2O)[C@](C)(O)C[C@@H](C)[C@H](NC(C)C)[C@H](C)[C@@H](O)[C@]1(C)O. The maximum absolute atomic E-state index is 14.3. The van der Waals surface area contributed by atoms with Crippen molar-refractivity contribution in [1.82, 2.24) is 10.2 Å². The van der Waals surface area contributed by atoms with E-state index >= 15 is 0 Å². The third-order valence-corrected chi connectivity index (χ3v) is 12.6. The molecule has 3 heterocycles. The molecular weight excluding hydrogens is 700 g/mol. The Kier molecular flexibility index (Phi) is 16.4. The molecule has 3 aliphatic rings. The number of methoxy groups -OCH3 is 1. The fourth-order valence-electron chi connectivity index (χ4n) is 9.31. The summed E-state index contributed by atoms with van der Waals surface area (Å²) in [7, 11) is 5.28. The lowest BCUT2D eigenvalue weighted by Crippen LogP contribution is -2.62. The minimum absolute atomic E-state index is 0.00490. The highest BCUT2D eigenvalue weighted by Crippen LogP contribution is 2.41. The number of nitrogens with one attached hydrogen (secondary N) is 1. The van der Waals surface area contributed by atoms with Crippen LogP contribution in [0.25, 0.3) is 0 Å². The van der Waals surface area contributed by atoms with Gasteiger partial charge in [0, 0.05) is 43.5 Å². The van der Waals surface area contributed by atoms with E-state index in [0.29, 0.717) is 6.42 Å². The molecule has 3 rings (SSSR count). The molecule has 0 aromatic heterocycles. The van der Waals surface area contributed by atoms with Crippen LogP contribution in [0.15, 0.2) is 0 Å². The Bertz CT molecular complexity index is 1190. The summed E-state index contributed by atoms with van der Waals surface area (Å²) in [4.78, 5) is 16.2. The minimum Gasteiger partial charge on any atom is -0.459 e. The van der Waals surface area contributed by atoms with Gasteiger partial charge >= 0.3 is 5.97 Å². The zero-order chi connectivity index (χ0) is 41.2. The molecule has 0 aromatic carbocycles. The number of ether oxygens (including phenoxy) is 6. The molecule has 0 aliphatic carbocycles. The third kappa shape index (κ3) is 10.5. The van der Waals surface area contributed by atoms with Gasteiger partial charge in [-0.3, -0.25) is 4.79 Å². The van der Waals surface area contributed by atoms with Crippen LogP contribution in [0.3, 0.4) is 0 Å². The molecule has 54 heavy (non-hydrogen) atoms. The van der Waals surface area contributed by atoms with Crippen LogP contribution in [0.1, 0.15) is 109 Å². The van der Waals surface area contributed by atoms with Crippen molar-refractivity contribution in [3.05, 3.63) is 0 Å². The number of carbonyl (C=O) groups excluding carboxylic acids is 1. The number of rotatable bonds is 9. The van der Waals surface area contributed by atoms with Gasteiger partial charge in [-0.1, -0.05) is 41.5 Å². The van der Waals surface area contributed by atoms with E-state index in [2.05, 4.69) is 5.32 Å². The van der Waals surface area contributed by atoms with E-state index in [0.717, 1.165) is 0 Å². The number of nitrogens with zero attached hydrogens (tertiary/aromatic N) is 1. The maximum Gasteiger partial charge on any atom is 0.311 e. The molecule has 0 saturated carbocycles. The van der Waals surface area contributed by atoms with Crippen LogP contribution in [0.5, 0.6) is 0 Å². The molecule has 14 nitrogen and oxygen atoms in total. The van der Waals surface area contributed by atoms with E-state index in [9.17, 15) is 30.3 Å². The fraction of sp³-hybridized carbons (Fsp3) is 0.975. The lowest BCUT2D eigenvalue weighted by molar-refractivity contribution is -0.318. The molecule has 3 saturated heterocycles. The van der Waals surface area contributed by atoms with Crippen molar-refractivity contribution in [2.75, 3.05) is 21.2 Å². The monoisotopic (exact) mass is 777 g/mol. The van der Waals surface area contributed by atoms with Gasteiger partial charge in [0.2, 0.25) is 0 Å². The van der Waals surface area contributed by atoms with Crippen LogP contribution < -0.4 is 5.32 Å². The first-order valence-electron chi connectivity index (χ1n) is 20.1. The summed E-state index contributed by atoms with van der Waals surface area (Å²) in [6.45, 7) is 21.6. The summed E-state index contributed by atoms with van der Waals surface area (Å²) >= 11 is 0. The number of aliphatic hydroxyl groups excluding tert-OH is 3. The van der Waals surface area contributed by atoms with Crippen LogP contribution in [-0.2, 0) is 33.2 Å². The van der Waals surface area contributed by atoms with E-state index in [-0.39, 0.29) is 43.4 Å². The predicted octanol–water partition coefficient (Wildman–Crippen LogP) is 2.58. The van der Waals surface area contributed by atoms with Gasteiger partial charge in [-0.25, -0.2) is 0 Å². The first kappa shape index (κ1) is 47.4. The third-order valence-electron chi connectivity index (χ3n) is 12.6. The quantitative estimate of drug-likeness (QED) is 0.188. The van der Waals surface area contributed by atoms with Crippen molar-refractivity contribution < 1.29 is 58.7 Å². The number of hydrogen-bond acceptors (Lipinski definition) is 14. The number of hydrogen-bond donors (Lipinski definition) is 6. The summed E-state index contributed by atoms with van der Waals surface area (Å²) in [5, 5.41) is 62.6. The van der Waals surface area contributed by atoms with Gasteiger partial charge in [0.15, 0.2) is 12.6 Å². The fourth-order valence-corrected chi connectivity index (χ4v) is 9.31. The second-order valence-electron chi connectivity index (χ2n) is 18.1. The Morgan fingerprint density at radius 1 is 0.926 bits per heavy atom. The average Bonchev–Trinajstić information content (AvgIpc) is 3.08. The Morgan fingerprint density at radius 2 is 1.54 bits per heavy atom. The summed E-state index contributed by atoms with van der Waals surface area (Å²) in [6, 6.07) is -0.691. The lowest BCUT2D eigenvalue weighted by atomic mass is 9.72. The van der Waals surface area contributed by atoms with E-state index in [4.69, 9.17) is 28.4 Å². The van der Waals surface area contributed by atoms with Crippen molar-refractivity contribution in [1.29, 1.82) is 0 Å². The summed E-state index contributed by atoms with van der Waals surface area (Å²) in [6.07, 6.45) is -8.42. The van der Waals surface area contributed by atoms with Crippen molar-refractivity contribution in [2.45, 2.75) is 205 Å². The minimum atomic E-state index is -1.83. The molecule has 3 fully saturated rings. The van der Waals surface area contributed by atoms with E-state index in [1.165, 1.54) is 14.0 Å². The molecule has 19 atom stereocenters. The molecule has 318 valence electrons. The molecule has 0 bridgehead atoms. The van der Waals surface area contributed by atoms with Gasteiger partial charge in [0.05, 0.1) is 47.6 Å². The van der Waals surface area contributed by atoms with Crippen LogP contribution in [0, 0.1) is 23.7 Å². The highest BCUT2D eigenvalue weighted by Gasteiger charge is 2.53. The van der Waals surface area contributed by atoms with Crippen molar-refractivity contribution in [3.63, 3.8) is 0 Å². The number of carbonyl (C=O) groups is 1. The van der Waals surface area contributed by atoms with Crippen LogP contribution >= 0.6 is 0 Å². The van der Waals surface area contributed by atoms with Gasteiger partial charge in [0.1, 0.15) is 23.9 Å². The number of aliphatic hydroxyl groups is 5. The Balaban J connectivity index is 2.23. The molecule has 14 heteroatoms.